The minimum atomic E-state index is 0.664. The second-order valence-electron chi connectivity index (χ2n) is 14.9. The highest BCUT2D eigenvalue weighted by molar-refractivity contribution is 7.26. The van der Waals surface area contributed by atoms with Crippen LogP contribution in [0, 0.1) is 0 Å². The van der Waals surface area contributed by atoms with Crippen LogP contribution in [-0.4, -0.2) is 23.5 Å². The minimum Gasteiger partial charge on any atom is -0.308 e. The van der Waals surface area contributed by atoms with Gasteiger partial charge in [-0.15, -0.1) is 11.3 Å². The van der Waals surface area contributed by atoms with Crippen LogP contribution < -0.4 is 0 Å². The summed E-state index contributed by atoms with van der Waals surface area (Å²) in [5.74, 6) is 1.56. The quantitative estimate of drug-likeness (QED) is 0.178. The Hall–Kier alpha value is -7.28. The van der Waals surface area contributed by atoms with Crippen molar-refractivity contribution in [2.75, 3.05) is 0 Å². The molecule has 0 atom stereocenters. The van der Waals surface area contributed by atoms with Gasteiger partial charge < -0.3 is 4.40 Å². The highest BCUT2D eigenvalue weighted by Crippen LogP contribution is 2.48. The van der Waals surface area contributed by atoms with Gasteiger partial charge in [0.05, 0.1) is 48.8 Å². The van der Waals surface area contributed by atoms with Gasteiger partial charge >= 0.3 is 0 Å². The Bertz CT molecular complexity index is 3960. The molecule has 0 amide bonds. The van der Waals surface area contributed by atoms with E-state index in [9.17, 15) is 0 Å². The first kappa shape index (κ1) is 29.1. The predicted octanol–water partition coefficient (Wildman–Crippen LogP) is 13.3. The standard InChI is InChI=1S/C50H27N5S/c1-2-14-29-28(13-1)25-26-41-43(29)36-27-35-32-17-5-10-22-39(32)55(46(35)44-33-18-6-11-23-40(33)53(41)47(36)44)50-51-45-34-19-7-12-24-42(34)56-48(45)49(52-50)54-37-20-8-3-15-30(37)31-16-4-9-21-38(31)54/h1-27H. The minimum absolute atomic E-state index is 0.664. The van der Waals surface area contributed by atoms with E-state index in [0.29, 0.717) is 5.95 Å². The molecule has 14 rings (SSSR count). The van der Waals surface area contributed by atoms with Crippen molar-refractivity contribution in [1.29, 1.82) is 0 Å². The van der Waals surface area contributed by atoms with E-state index >= 15 is 0 Å². The van der Waals surface area contributed by atoms with E-state index in [4.69, 9.17) is 9.97 Å². The van der Waals surface area contributed by atoms with Crippen LogP contribution in [0.1, 0.15) is 0 Å². The lowest BCUT2D eigenvalue weighted by Crippen LogP contribution is -2.06. The van der Waals surface area contributed by atoms with Gasteiger partial charge in [0.15, 0.2) is 5.82 Å². The molecule has 6 heteroatoms. The molecule has 5 nitrogen and oxygen atoms in total. The molecule has 56 heavy (non-hydrogen) atoms. The lowest BCUT2D eigenvalue weighted by molar-refractivity contribution is 0.978. The van der Waals surface area contributed by atoms with Crippen molar-refractivity contribution in [3.05, 3.63) is 164 Å². The number of hydrogen-bond acceptors (Lipinski definition) is 3. The molecule has 0 aliphatic carbocycles. The van der Waals surface area contributed by atoms with E-state index in [1.54, 1.807) is 11.3 Å². The van der Waals surface area contributed by atoms with Gasteiger partial charge in [0.2, 0.25) is 5.95 Å². The van der Waals surface area contributed by atoms with Crippen LogP contribution in [0.25, 0.3) is 125 Å². The second kappa shape index (κ2) is 10.3. The maximum absolute atomic E-state index is 5.71. The van der Waals surface area contributed by atoms with Crippen LogP contribution in [-0.2, 0) is 0 Å². The third-order valence-corrected chi connectivity index (χ3v) is 13.3. The molecule has 6 aromatic heterocycles. The molecular weight excluding hydrogens is 703 g/mol. The number of hydrogen-bond donors (Lipinski definition) is 0. The summed E-state index contributed by atoms with van der Waals surface area (Å²) in [4.78, 5) is 11.3. The summed E-state index contributed by atoms with van der Waals surface area (Å²) in [6.45, 7) is 0. The molecule has 8 aromatic carbocycles. The molecule has 0 spiro atoms. The number of aromatic nitrogens is 5. The van der Waals surface area contributed by atoms with E-state index in [0.717, 1.165) is 43.5 Å². The Balaban J connectivity index is 1.22. The summed E-state index contributed by atoms with van der Waals surface area (Å²) < 4.78 is 9.47. The zero-order chi connectivity index (χ0) is 36.2. The fourth-order valence-electron chi connectivity index (χ4n) is 9.95. The summed E-state index contributed by atoms with van der Waals surface area (Å²) in [7, 11) is 0. The van der Waals surface area contributed by atoms with Gasteiger partial charge in [-0.05, 0) is 53.2 Å². The normalized spacial score (nSPS) is 12.6. The van der Waals surface area contributed by atoms with Crippen LogP contribution in [0.3, 0.4) is 0 Å². The van der Waals surface area contributed by atoms with Crippen molar-refractivity contribution >= 4 is 124 Å². The Morgan fingerprint density at radius 1 is 0.393 bits per heavy atom. The summed E-state index contributed by atoms with van der Waals surface area (Å²) >= 11 is 1.77. The maximum atomic E-state index is 5.71. The first-order chi connectivity index (χ1) is 27.8. The molecular formula is C50H27N5S. The number of rotatable bonds is 2. The van der Waals surface area contributed by atoms with Gasteiger partial charge in [-0.3, -0.25) is 9.13 Å². The van der Waals surface area contributed by atoms with E-state index in [-0.39, 0.29) is 0 Å². The fourth-order valence-corrected chi connectivity index (χ4v) is 11.1. The van der Waals surface area contributed by atoms with Gasteiger partial charge in [0.25, 0.3) is 0 Å². The van der Waals surface area contributed by atoms with Crippen molar-refractivity contribution < 1.29 is 0 Å². The third kappa shape index (κ3) is 3.47. The molecule has 258 valence electrons. The predicted molar refractivity (Wildman–Crippen MR) is 236 cm³/mol. The molecule has 6 heterocycles. The topological polar surface area (TPSA) is 40.0 Å². The van der Waals surface area contributed by atoms with Gasteiger partial charge in [-0.2, -0.15) is 4.98 Å². The zero-order valence-electron chi connectivity index (χ0n) is 29.7. The van der Waals surface area contributed by atoms with Crippen molar-refractivity contribution in [2.45, 2.75) is 0 Å². The van der Waals surface area contributed by atoms with Crippen molar-refractivity contribution in [1.82, 2.24) is 23.5 Å². The fraction of sp³-hybridized carbons (Fsp3) is 0. The number of thiophene rings is 1. The zero-order valence-corrected chi connectivity index (χ0v) is 30.5. The highest BCUT2D eigenvalue weighted by atomic mass is 32.1. The third-order valence-electron chi connectivity index (χ3n) is 12.2. The van der Waals surface area contributed by atoms with Crippen LogP contribution in [0.2, 0.25) is 0 Å². The lowest BCUT2D eigenvalue weighted by Gasteiger charge is -2.13. The summed E-state index contributed by atoms with van der Waals surface area (Å²) in [5.41, 5.74) is 9.11. The Morgan fingerprint density at radius 2 is 0.982 bits per heavy atom. The summed E-state index contributed by atoms with van der Waals surface area (Å²) in [6, 6.07) is 59.5. The van der Waals surface area contributed by atoms with Gasteiger partial charge in [-0.25, -0.2) is 4.98 Å². The van der Waals surface area contributed by atoms with Crippen LogP contribution >= 0.6 is 11.3 Å². The summed E-state index contributed by atoms with van der Waals surface area (Å²) in [5, 5.41) is 13.5. The molecule has 0 N–H and O–H groups in total. The van der Waals surface area contributed by atoms with Crippen LogP contribution in [0.5, 0.6) is 0 Å². The van der Waals surface area contributed by atoms with Crippen LogP contribution in [0.4, 0.5) is 0 Å². The second-order valence-corrected chi connectivity index (χ2v) is 16.0. The molecule has 0 aliphatic heterocycles. The molecule has 0 radical (unpaired) electrons. The molecule has 0 unspecified atom stereocenters. The molecule has 0 aliphatic rings. The first-order valence-corrected chi connectivity index (χ1v) is 19.8. The monoisotopic (exact) mass is 729 g/mol. The Labute approximate surface area is 321 Å². The Kier molecular flexibility index (Phi) is 5.34. The molecule has 0 saturated carbocycles. The van der Waals surface area contributed by atoms with Gasteiger partial charge in [0.1, 0.15) is 0 Å². The molecule has 0 saturated heterocycles. The molecule has 0 bridgehead atoms. The lowest BCUT2D eigenvalue weighted by atomic mass is 10.00. The van der Waals surface area contributed by atoms with Crippen molar-refractivity contribution in [2.24, 2.45) is 0 Å². The smallest absolute Gasteiger partial charge is 0.237 e. The number of para-hydroxylation sites is 4. The number of benzene rings is 8. The van der Waals surface area contributed by atoms with E-state index in [1.807, 2.05) is 0 Å². The highest BCUT2D eigenvalue weighted by Gasteiger charge is 2.27. The van der Waals surface area contributed by atoms with Gasteiger partial charge in [0, 0.05) is 53.2 Å². The van der Waals surface area contributed by atoms with E-state index in [2.05, 4.69) is 177 Å². The van der Waals surface area contributed by atoms with Crippen molar-refractivity contribution in [3.8, 4) is 11.8 Å². The van der Waals surface area contributed by atoms with Crippen LogP contribution in [0.15, 0.2) is 164 Å². The van der Waals surface area contributed by atoms with E-state index in [1.165, 1.54) is 75.1 Å². The maximum Gasteiger partial charge on any atom is 0.237 e. The SMILES string of the molecule is c1ccc2c(c1)ccc1c2c2cc3c4ccccc4n(-c4nc(-n5c6ccccc6c6ccccc65)c5sc6ccccc6c5n4)c3c3c4ccccc4n1c23. The number of fused-ring (bicyclic) bond motifs is 18. The average Bonchev–Trinajstić information content (AvgIpc) is 4.05. The van der Waals surface area contributed by atoms with Gasteiger partial charge in [-0.1, -0.05) is 121 Å². The largest absolute Gasteiger partial charge is 0.308 e. The average molecular weight is 730 g/mol. The first-order valence-electron chi connectivity index (χ1n) is 19.0. The van der Waals surface area contributed by atoms with Crippen molar-refractivity contribution in [3.63, 3.8) is 0 Å². The molecule has 0 fully saturated rings. The number of nitrogens with zero attached hydrogens (tertiary/aromatic N) is 5. The molecule has 14 aromatic rings. The Morgan fingerprint density at radius 3 is 1.73 bits per heavy atom. The summed E-state index contributed by atoms with van der Waals surface area (Å²) in [6.07, 6.45) is 0. The van der Waals surface area contributed by atoms with E-state index < -0.39 is 0 Å².